The number of fused-ring (bicyclic) bond motifs is 2. The molecule has 3 aromatic carbocycles. The summed E-state index contributed by atoms with van der Waals surface area (Å²) < 4.78 is 16.7. The molecule has 2 aliphatic rings. The smallest absolute Gasteiger partial charge is 0.356 e. The number of ether oxygens (including phenoxy) is 3. The van der Waals surface area contributed by atoms with Gasteiger partial charge >= 0.3 is 5.97 Å². The topological polar surface area (TPSA) is 111 Å². The average molecular weight is 549 g/mol. The Morgan fingerprint density at radius 1 is 0.944 bits per heavy atom. The molecule has 0 atom stereocenters. The number of nitrogens with zero attached hydrogens (tertiary/aromatic N) is 1. The third-order valence-corrected chi connectivity index (χ3v) is 6.01. The SMILES string of the molecule is O=C(OCN1C(=O)c2ccccc2C1=O)/C(=C/c1ccc2c(c1)OCO2)NC(=O)c1ccc(Br)cc1. The lowest BCUT2D eigenvalue weighted by Crippen LogP contribution is -2.35. The van der Waals surface area contributed by atoms with Crippen molar-refractivity contribution >= 4 is 45.7 Å². The second kappa shape index (κ2) is 9.67. The first-order chi connectivity index (χ1) is 17.4. The van der Waals surface area contributed by atoms with Crippen molar-refractivity contribution < 1.29 is 33.4 Å². The predicted molar refractivity (Wildman–Crippen MR) is 130 cm³/mol. The zero-order chi connectivity index (χ0) is 25.2. The number of halogens is 1. The summed E-state index contributed by atoms with van der Waals surface area (Å²) in [6, 6.07) is 17.9. The summed E-state index contributed by atoms with van der Waals surface area (Å²) in [5.74, 6) is -1.57. The van der Waals surface area contributed by atoms with Crippen LogP contribution in [-0.2, 0) is 9.53 Å². The molecule has 180 valence electrons. The van der Waals surface area contributed by atoms with Gasteiger partial charge in [-0.05, 0) is 60.2 Å². The van der Waals surface area contributed by atoms with E-state index in [2.05, 4.69) is 21.2 Å². The van der Waals surface area contributed by atoms with Gasteiger partial charge in [-0.15, -0.1) is 0 Å². The van der Waals surface area contributed by atoms with E-state index in [9.17, 15) is 19.2 Å². The molecule has 0 spiro atoms. The highest BCUT2D eigenvalue weighted by Gasteiger charge is 2.36. The fourth-order valence-electron chi connectivity index (χ4n) is 3.67. The standard InChI is InChI=1S/C26H17BrN2O7/c27-17-8-6-16(7-9-17)23(30)28-20(11-15-5-10-21-22(12-15)36-14-35-21)26(33)34-13-29-24(31)18-3-1-2-4-19(18)25(29)32/h1-12H,13-14H2,(H,28,30)/b20-11-. The Labute approximate surface area is 213 Å². The van der Waals surface area contributed by atoms with Crippen LogP contribution >= 0.6 is 15.9 Å². The van der Waals surface area contributed by atoms with Gasteiger partial charge in [0.2, 0.25) is 6.79 Å². The summed E-state index contributed by atoms with van der Waals surface area (Å²) in [6.45, 7) is -0.532. The normalized spacial score (nSPS) is 14.0. The molecule has 0 bridgehead atoms. The van der Waals surface area contributed by atoms with Crippen molar-refractivity contribution in [1.29, 1.82) is 0 Å². The fraction of sp³-hybridized carbons (Fsp3) is 0.0769. The lowest BCUT2D eigenvalue weighted by atomic mass is 10.1. The van der Waals surface area contributed by atoms with Crippen LogP contribution < -0.4 is 14.8 Å². The highest BCUT2D eigenvalue weighted by Crippen LogP contribution is 2.33. The fourth-order valence-corrected chi connectivity index (χ4v) is 3.93. The van der Waals surface area contributed by atoms with Crippen LogP contribution in [0.4, 0.5) is 0 Å². The zero-order valence-corrected chi connectivity index (χ0v) is 20.1. The minimum Gasteiger partial charge on any atom is -0.454 e. The molecule has 0 unspecified atom stereocenters. The second-order valence-corrected chi connectivity index (χ2v) is 8.69. The van der Waals surface area contributed by atoms with Crippen molar-refractivity contribution in [2.45, 2.75) is 0 Å². The molecule has 0 aliphatic carbocycles. The van der Waals surface area contributed by atoms with E-state index in [1.807, 2.05) is 0 Å². The van der Waals surface area contributed by atoms with Crippen LogP contribution in [0.15, 0.2) is 76.9 Å². The molecule has 2 aliphatic heterocycles. The van der Waals surface area contributed by atoms with Crippen molar-refractivity contribution in [2.24, 2.45) is 0 Å². The number of rotatable bonds is 6. The molecule has 0 aromatic heterocycles. The number of hydrogen-bond donors (Lipinski definition) is 1. The van der Waals surface area contributed by atoms with Gasteiger partial charge in [-0.2, -0.15) is 0 Å². The number of carbonyl (C=O) groups is 4. The van der Waals surface area contributed by atoms with Gasteiger partial charge in [-0.1, -0.05) is 34.1 Å². The molecule has 3 aromatic rings. The van der Waals surface area contributed by atoms with Crippen molar-refractivity contribution in [3.63, 3.8) is 0 Å². The zero-order valence-electron chi connectivity index (χ0n) is 18.5. The van der Waals surface area contributed by atoms with Crippen LogP contribution in [0.5, 0.6) is 11.5 Å². The van der Waals surface area contributed by atoms with Crippen LogP contribution in [0.1, 0.15) is 36.6 Å². The lowest BCUT2D eigenvalue weighted by Gasteiger charge is -2.15. The number of benzene rings is 3. The Bertz CT molecular complexity index is 1400. The molecule has 2 heterocycles. The van der Waals surface area contributed by atoms with E-state index >= 15 is 0 Å². The van der Waals surface area contributed by atoms with Gasteiger partial charge in [-0.25, -0.2) is 9.69 Å². The van der Waals surface area contributed by atoms with Gasteiger partial charge in [0, 0.05) is 10.0 Å². The number of imide groups is 1. The molecule has 0 radical (unpaired) electrons. The molecule has 9 nitrogen and oxygen atoms in total. The maximum Gasteiger partial charge on any atom is 0.356 e. The maximum absolute atomic E-state index is 13.0. The van der Waals surface area contributed by atoms with E-state index < -0.39 is 30.4 Å². The Hall–Kier alpha value is -4.44. The van der Waals surface area contributed by atoms with E-state index in [1.165, 1.54) is 18.2 Å². The van der Waals surface area contributed by atoms with Crippen molar-refractivity contribution in [3.05, 3.63) is 99.2 Å². The van der Waals surface area contributed by atoms with Gasteiger partial charge in [0.25, 0.3) is 17.7 Å². The van der Waals surface area contributed by atoms with Crippen LogP contribution in [-0.4, -0.2) is 42.1 Å². The Morgan fingerprint density at radius 3 is 2.31 bits per heavy atom. The minimum atomic E-state index is -0.935. The molecule has 5 rings (SSSR count). The molecule has 1 N–H and O–H groups in total. The molecule has 0 saturated heterocycles. The van der Waals surface area contributed by atoms with Gasteiger partial charge in [0.15, 0.2) is 18.2 Å². The quantitative estimate of drug-likeness (QED) is 0.283. The van der Waals surface area contributed by atoms with Gasteiger partial charge in [0.1, 0.15) is 5.70 Å². The van der Waals surface area contributed by atoms with E-state index in [0.29, 0.717) is 22.6 Å². The number of amides is 3. The average Bonchev–Trinajstić information content (AvgIpc) is 3.45. The highest BCUT2D eigenvalue weighted by atomic mass is 79.9. The Morgan fingerprint density at radius 2 is 1.61 bits per heavy atom. The number of carbonyl (C=O) groups excluding carboxylic acids is 4. The molecule has 10 heteroatoms. The summed E-state index contributed by atoms with van der Waals surface area (Å²) in [6.07, 6.45) is 1.41. The van der Waals surface area contributed by atoms with Gasteiger partial charge in [-0.3, -0.25) is 14.4 Å². The molecular formula is C26H17BrN2O7. The number of hydrogen-bond acceptors (Lipinski definition) is 7. The largest absolute Gasteiger partial charge is 0.454 e. The third kappa shape index (κ3) is 4.58. The minimum absolute atomic E-state index is 0.0813. The maximum atomic E-state index is 13.0. The van der Waals surface area contributed by atoms with Gasteiger partial charge < -0.3 is 19.5 Å². The van der Waals surface area contributed by atoms with Crippen molar-refractivity contribution in [3.8, 4) is 11.5 Å². The Kier molecular flexibility index (Phi) is 6.26. The summed E-state index contributed by atoms with van der Waals surface area (Å²) in [4.78, 5) is 51.8. The summed E-state index contributed by atoms with van der Waals surface area (Å²) >= 11 is 3.31. The first-order valence-corrected chi connectivity index (χ1v) is 11.5. The van der Waals surface area contributed by atoms with E-state index in [-0.39, 0.29) is 23.6 Å². The lowest BCUT2D eigenvalue weighted by molar-refractivity contribution is -0.141. The van der Waals surface area contributed by atoms with Crippen LogP contribution in [0, 0.1) is 0 Å². The van der Waals surface area contributed by atoms with Gasteiger partial charge in [0.05, 0.1) is 11.1 Å². The predicted octanol–water partition coefficient (Wildman–Crippen LogP) is 3.75. The number of esters is 1. The van der Waals surface area contributed by atoms with E-state index in [4.69, 9.17) is 14.2 Å². The number of nitrogens with one attached hydrogen (secondary N) is 1. The van der Waals surface area contributed by atoms with Crippen molar-refractivity contribution in [2.75, 3.05) is 13.5 Å². The molecular weight excluding hydrogens is 532 g/mol. The summed E-state index contributed by atoms with van der Waals surface area (Å²) in [5.41, 5.74) is 1.11. The van der Waals surface area contributed by atoms with Crippen LogP contribution in [0.2, 0.25) is 0 Å². The first-order valence-electron chi connectivity index (χ1n) is 10.7. The third-order valence-electron chi connectivity index (χ3n) is 5.49. The summed E-state index contributed by atoms with van der Waals surface area (Å²) in [7, 11) is 0. The molecule has 0 saturated carbocycles. The molecule has 0 fully saturated rings. The summed E-state index contributed by atoms with van der Waals surface area (Å²) in [5, 5.41) is 2.56. The first kappa shape index (κ1) is 23.3. The molecule has 3 amide bonds. The van der Waals surface area contributed by atoms with Crippen LogP contribution in [0.3, 0.4) is 0 Å². The van der Waals surface area contributed by atoms with E-state index in [0.717, 1.165) is 9.37 Å². The Balaban J connectivity index is 1.37. The molecule has 36 heavy (non-hydrogen) atoms. The second-order valence-electron chi connectivity index (χ2n) is 7.78. The highest BCUT2D eigenvalue weighted by molar-refractivity contribution is 9.10. The van der Waals surface area contributed by atoms with Crippen LogP contribution in [0.25, 0.3) is 6.08 Å². The van der Waals surface area contributed by atoms with Crippen molar-refractivity contribution in [1.82, 2.24) is 10.2 Å². The monoisotopic (exact) mass is 548 g/mol. The van der Waals surface area contributed by atoms with E-state index in [1.54, 1.807) is 54.6 Å².